The van der Waals surface area contributed by atoms with Crippen LogP contribution >= 0.6 is 23.1 Å². The summed E-state index contributed by atoms with van der Waals surface area (Å²) in [6.07, 6.45) is 0.627. The van der Waals surface area contributed by atoms with Gasteiger partial charge in [0.15, 0.2) is 5.16 Å². The number of phenols is 1. The zero-order chi connectivity index (χ0) is 22.0. The van der Waals surface area contributed by atoms with Gasteiger partial charge in [0.05, 0.1) is 16.3 Å². The summed E-state index contributed by atoms with van der Waals surface area (Å²) in [7, 11) is 0. The molecule has 31 heavy (non-hydrogen) atoms. The molecule has 4 rings (SSSR count). The van der Waals surface area contributed by atoms with Gasteiger partial charge in [-0.1, -0.05) is 42.1 Å². The van der Waals surface area contributed by atoms with Crippen LogP contribution in [0.15, 0.2) is 63.9 Å². The number of carbonyl (C=O) groups is 2. The van der Waals surface area contributed by atoms with E-state index in [1.165, 1.54) is 29.5 Å². The number of thiophene rings is 1. The molecule has 0 aliphatic carbocycles. The summed E-state index contributed by atoms with van der Waals surface area (Å²) in [6.45, 7) is 1.66. The second-order valence-corrected chi connectivity index (χ2v) is 8.90. The summed E-state index contributed by atoms with van der Waals surface area (Å²) in [5.41, 5.74) is 1.96. The molecule has 1 amide bonds. The number of fused-ring (bicyclic) bond motifs is 1. The number of aromatic hydroxyl groups is 1. The molecule has 2 heterocycles. The summed E-state index contributed by atoms with van der Waals surface area (Å²) in [5.74, 6) is -0.543. The molecule has 0 aliphatic heterocycles. The number of aromatic nitrogens is 2. The Morgan fingerprint density at radius 2 is 2.03 bits per heavy atom. The quantitative estimate of drug-likeness (QED) is 0.174. The van der Waals surface area contributed by atoms with Crippen molar-refractivity contribution < 1.29 is 14.7 Å². The summed E-state index contributed by atoms with van der Waals surface area (Å²) in [5, 5.41) is 14.6. The van der Waals surface area contributed by atoms with Crippen molar-refractivity contribution in [1.82, 2.24) is 9.97 Å². The second-order valence-electron chi connectivity index (χ2n) is 6.71. The number of rotatable bonds is 6. The van der Waals surface area contributed by atoms with Crippen molar-refractivity contribution in [2.75, 3.05) is 5.32 Å². The predicted molar refractivity (Wildman–Crippen MR) is 123 cm³/mol. The van der Waals surface area contributed by atoms with E-state index in [1.54, 1.807) is 6.92 Å². The fourth-order valence-corrected chi connectivity index (χ4v) is 4.80. The molecule has 0 aliphatic rings. The van der Waals surface area contributed by atoms with Crippen molar-refractivity contribution in [1.29, 1.82) is 0 Å². The van der Waals surface area contributed by atoms with Crippen LogP contribution in [0.3, 0.4) is 0 Å². The first kappa shape index (κ1) is 20.8. The van der Waals surface area contributed by atoms with Gasteiger partial charge in [-0.15, -0.1) is 11.3 Å². The van der Waals surface area contributed by atoms with E-state index < -0.39 is 11.2 Å². The second kappa shape index (κ2) is 8.75. The molecule has 0 bridgehead atoms. The lowest BCUT2D eigenvalue weighted by Gasteiger charge is -2.12. The maximum Gasteiger partial charge on any atom is 0.260 e. The number of aldehydes is 1. The van der Waals surface area contributed by atoms with Crippen molar-refractivity contribution in [2.24, 2.45) is 0 Å². The molecule has 0 radical (unpaired) electrons. The summed E-state index contributed by atoms with van der Waals surface area (Å²) >= 11 is 2.47. The van der Waals surface area contributed by atoms with Crippen LogP contribution in [0.2, 0.25) is 0 Å². The minimum absolute atomic E-state index is 0.142. The number of thioether (sulfide) groups is 1. The van der Waals surface area contributed by atoms with E-state index in [1.807, 2.05) is 35.7 Å². The topological polar surface area (TPSA) is 112 Å². The summed E-state index contributed by atoms with van der Waals surface area (Å²) in [4.78, 5) is 44.1. The molecular formula is C22H17N3O4S2. The summed E-state index contributed by atoms with van der Waals surface area (Å²) in [6, 6.07) is 13.8. The number of aromatic amines is 1. The van der Waals surface area contributed by atoms with Crippen LogP contribution in [0.1, 0.15) is 17.3 Å². The van der Waals surface area contributed by atoms with Crippen LogP contribution in [0.4, 0.5) is 5.69 Å². The van der Waals surface area contributed by atoms with Crippen molar-refractivity contribution in [3.8, 4) is 16.9 Å². The van der Waals surface area contributed by atoms with Gasteiger partial charge in [-0.2, -0.15) is 0 Å². The Labute approximate surface area is 185 Å². The maximum absolute atomic E-state index is 12.7. The highest BCUT2D eigenvalue weighted by molar-refractivity contribution is 8.00. The molecule has 3 N–H and O–H groups in total. The van der Waals surface area contributed by atoms with Gasteiger partial charge < -0.3 is 15.4 Å². The van der Waals surface area contributed by atoms with E-state index in [9.17, 15) is 19.5 Å². The van der Waals surface area contributed by atoms with Crippen molar-refractivity contribution in [3.05, 3.63) is 69.8 Å². The molecule has 4 aromatic rings. The number of anilines is 1. The summed E-state index contributed by atoms with van der Waals surface area (Å²) < 4.78 is 0. The molecule has 0 saturated heterocycles. The van der Waals surface area contributed by atoms with Crippen LogP contribution in [-0.2, 0) is 4.79 Å². The van der Waals surface area contributed by atoms with Gasteiger partial charge in [-0.25, -0.2) is 4.98 Å². The number of benzene rings is 2. The lowest BCUT2D eigenvalue weighted by atomic mass is 10.1. The van der Waals surface area contributed by atoms with Crippen molar-refractivity contribution in [3.63, 3.8) is 0 Å². The molecular weight excluding hydrogens is 434 g/mol. The number of hydrogen-bond acceptors (Lipinski definition) is 7. The number of hydrogen-bond donors (Lipinski definition) is 3. The highest BCUT2D eigenvalue weighted by Gasteiger charge is 2.19. The zero-order valence-electron chi connectivity index (χ0n) is 16.3. The molecule has 2 aromatic heterocycles. The largest absolute Gasteiger partial charge is 0.506 e. The van der Waals surface area contributed by atoms with E-state index >= 15 is 0 Å². The first-order chi connectivity index (χ1) is 15.0. The minimum atomic E-state index is -0.617. The fourth-order valence-electron chi connectivity index (χ4n) is 3.00. The Morgan fingerprint density at radius 1 is 1.26 bits per heavy atom. The van der Waals surface area contributed by atoms with Crippen LogP contribution in [-0.4, -0.2) is 32.5 Å². The minimum Gasteiger partial charge on any atom is -0.506 e. The monoisotopic (exact) mass is 451 g/mol. The Hall–Kier alpha value is -3.43. The Balaban J connectivity index is 1.55. The third-order valence-electron chi connectivity index (χ3n) is 4.58. The molecule has 0 fully saturated rings. The zero-order valence-corrected chi connectivity index (χ0v) is 17.9. The van der Waals surface area contributed by atoms with E-state index in [2.05, 4.69) is 15.3 Å². The van der Waals surface area contributed by atoms with E-state index in [0.717, 1.165) is 22.9 Å². The number of H-pyrrole nitrogens is 1. The van der Waals surface area contributed by atoms with Gasteiger partial charge in [-0.05, 0) is 30.7 Å². The van der Waals surface area contributed by atoms with Crippen molar-refractivity contribution >= 4 is 51.2 Å². The predicted octanol–water partition coefficient (Wildman–Crippen LogP) is 4.29. The van der Waals surface area contributed by atoms with Gasteiger partial charge >= 0.3 is 0 Å². The fraction of sp³-hybridized carbons (Fsp3) is 0.0909. The van der Waals surface area contributed by atoms with E-state index in [-0.39, 0.29) is 17.0 Å². The average Bonchev–Trinajstić information content (AvgIpc) is 3.20. The van der Waals surface area contributed by atoms with Gasteiger partial charge in [0.1, 0.15) is 16.9 Å². The first-order valence-corrected chi connectivity index (χ1v) is 11.0. The number of nitrogens with one attached hydrogen (secondary N) is 2. The van der Waals surface area contributed by atoms with Gasteiger partial charge in [0.2, 0.25) is 5.91 Å². The average molecular weight is 452 g/mol. The number of phenolic OH excluding ortho intramolecular Hbond substituents is 1. The number of carbonyl (C=O) groups excluding carboxylic acids is 2. The lowest BCUT2D eigenvalue weighted by molar-refractivity contribution is -0.115. The third kappa shape index (κ3) is 4.37. The standard InChI is InChI=1S/C22H17N3O4S2/c1-12(19(28)23-16-9-13(10-26)7-8-17(16)27)31-22-24-20(29)18-15(11-30-21(18)25-22)14-5-3-2-4-6-14/h2-12,27H,1H3,(H,23,28)(H,24,25,29). The molecule has 9 heteroatoms. The Kier molecular flexibility index (Phi) is 5.88. The van der Waals surface area contributed by atoms with Crippen LogP contribution in [0, 0.1) is 0 Å². The molecule has 7 nitrogen and oxygen atoms in total. The van der Waals surface area contributed by atoms with Crippen LogP contribution in [0.25, 0.3) is 21.3 Å². The first-order valence-electron chi connectivity index (χ1n) is 9.29. The van der Waals surface area contributed by atoms with Gasteiger partial charge in [0, 0.05) is 16.5 Å². The normalized spacial score (nSPS) is 11.9. The SMILES string of the molecule is CC(Sc1nc2scc(-c3ccccc3)c2c(=O)[nH]1)C(=O)Nc1cc(C=O)ccc1O. The number of amides is 1. The molecule has 0 saturated carbocycles. The molecule has 1 unspecified atom stereocenters. The molecule has 156 valence electrons. The highest BCUT2D eigenvalue weighted by Crippen LogP contribution is 2.32. The van der Waals surface area contributed by atoms with E-state index in [4.69, 9.17) is 0 Å². The molecule has 2 aromatic carbocycles. The van der Waals surface area contributed by atoms with Gasteiger partial charge in [-0.3, -0.25) is 14.4 Å². The molecule has 1 atom stereocenters. The highest BCUT2D eigenvalue weighted by atomic mass is 32.2. The van der Waals surface area contributed by atoms with E-state index in [0.29, 0.717) is 27.2 Å². The van der Waals surface area contributed by atoms with Crippen LogP contribution < -0.4 is 10.9 Å². The van der Waals surface area contributed by atoms with Crippen LogP contribution in [0.5, 0.6) is 5.75 Å². The smallest absolute Gasteiger partial charge is 0.260 e. The third-order valence-corrected chi connectivity index (χ3v) is 6.44. The maximum atomic E-state index is 12.7. The molecule has 0 spiro atoms. The van der Waals surface area contributed by atoms with Gasteiger partial charge in [0.25, 0.3) is 5.56 Å². The Morgan fingerprint density at radius 3 is 2.77 bits per heavy atom. The number of nitrogens with zero attached hydrogens (tertiary/aromatic N) is 1. The lowest BCUT2D eigenvalue weighted by Crippen LogP contribution is -2.23. The van der Waals surface area contributed by atoms with Crippen molar-refractivity contribution in [2.45, 2.75) is 17.3 Å². The Bertz CT molecular complexity index is 1330.